The van der Waals surface area contributed by atoms with Gasteiger partial charge in [0.1, 0.15) is 5.92 Å². The SMILES string of the molecule is CCC(C)CNc1nc2c(s1)CCCC2C(=O)O. The molecule has 4 nitrogen and oxygen atoms in total. The second-order valence-electron chi connectivity index (χ2n) is 5.00. The van der Waals surface area contributed by atoms with E-state index in [1.165, 1.54) is 0 Å². The molecule has 0 saturated carbocycles. The maximum Gasteiger partial charge on any atom is 0.312 e. The van der Waals surface area contributed by atoms with Crippen molar-refractivity contribution >= 4 is 22.4 Å². The number of carboxylic acids is 1. The van der Waals surface area contributed by atoms with Gasteiger partial charge in [-0.05, 0) is 25.2 Å². The highest BCUT2D eigenvalue weighted by molar-refractivity contribution is 7.15. The molecular formula is C13H20N2O2S. The second-order valence-corrected chi connectivity index (χ2v) is 6.09. The number of nitrogens with zero attached hydrogens (tertiary/aromatic N) is 1. The van der Waals surface area contributed by atoms with Gasteiger partial charge in [0.25, 0.3) is 0 Å². The van der Waals surface area contributed by atoms with E-state index in [-0.39, 0.29) is 0 Å². The van der Waals surface area contributed by atoms with E-state index in [4.69, 9.17) is 0 Å². The third-order valence-electron chi connectivity index (χ3n) is 3.55. The number of nitrogens with one attached hydrogen (secondary N) is 1. The van der Waals surface area contributed by atoms with Crippen molar-refractivity contribution in [2.45, 2.75) is 45.4 Å². The number of carboxylic acid groups (broad SMARTS) is 1. The minimum Gasteiger partial charge on any atom is -0.481 e. The number of hydrogen-bond acceptors (Lipinski definition) is 4. The Kier molecular flexibility index (Phi) is 4.22. The van der Waals surface area contributed by atoms with Crippen molar-refractivity contribution in [3.05, 3.63) is 10.6 Å². The summed E-state index contributed by atoms with van der Waals surface area (Å²) in [6, 6.07) is 0. The minimum atomic E-state index is -0.741. The van der Waals surface area contributed by atoms with E-state index in [9.17, 15) is 9.90 Å². The Morgan fingerprint density at radius 1 is 1.67 bits per heavy atom. The van der Waals surface area contributed by atoms with Gasteiger partial charge in [0.05, 0.1) is 5.69 Å². The zero-order chi connectivity index (χ0) is 13.1. The number of rotatable bonds is 5. The predicted molar refractivity (Wildman–Crippen MR) is 73.4 cm³/mol. The molecule has 0 bridgehead atoms. The number of thiazole rings is 1. The van der Waals surface area contributed by atoms with Crippen LogP contribution in [0.25, 0.3) is 0 Å². The van der Waals surface area contributed by atoms with E-state index in [0.29, 0.717) is 5.92 Å². The molecule has 1 aromatic rings. The van der Waals surface area contributed by atoms with Gasteiger partial charge in [-0.2, -0.15) is 0 Å². The van der Waals surface area contributed by atoms with Crippen molar-refractivity contribution < 1.29 is 9.90 Å². The fourth-order valence-electron chi connectivity index (χ4n) is 2.14. The lowest BCUT2D eigenvalue weighted by Gasteiger charge is -2.16. The quantitative estimate of drug-likeness (QED) is 0.861. The molecule has 5 heteroatoms. The molecule has 0 aliphatic heterocycles. The first kappa shape index (κ1) is 13.3. The smallest absolute Gasteiger partial charge is 0.312 e. The second kappa shape index (κ2) is 5.69. The molecule has 0 fully saturated rings. The molecule has 0 amide bonds. The Bertz CT molecular complexity index is 431. The van der Waals surface area contributed by atoms with Crippen LogP contribution in [0.2, 0.25) is 0 Å². The Morgan fingerprint density at radius 2 is 2.44 bits per heavy atom. The monoisotopic (exact) mass is 268 g/mol. The summed E-state index contributed by atoms with van der Waals surface area (Å²) in [6.07, 6.45) is 3.78. The predicted octanol–water partition coefficient (Wildman–Crippen LogP) is 3.11. The van der Waals surface area contributed by atoms with Gasteiger partial charge in [-0.15, -0.1) is 11.3 Å². The highest BCUT2D eigenvalue weighted by atomic mass is 32.1. The lowest BCUT2D eigenvalue weighted by atomic mass is 9.91. The van der Waals surface area contributed by atoms with E-state index in [1.54, 1.807) is 11.3 Å². The lowest BCUT2D eigenvalue weighted by Crippen LogP contribution is -2.17. The number of hydrogen-bond donors (Lipinski definition) is 2. The molecule has 1 aliphatic carbocycles. The van der Waals surface area contributed by atoms with Crippen LogP contribution in [0.1, 0.15) is 49.6 Å². The Morgan fingerprint density at radius 3 is 3.11 bits per heavy atom. The molecule has 0 spiro atoms. The number of aromatic nitrogens is 1. The van der Waals surface area contributed by atoms with Crippen LogP contribution in [0.4, 0.5) is 5.13 Å². The summed E-state index contributed by atoms with van der Waals surface area (Å²) < 4.78 is 0. The van der Waals surface area contributed by atoms with Crippen molar-refractivity contribution in [1.82, 2.24) is 4.98 Å². The maximum absolute atomic E-state index is 11.2. The Balaban J connectivity index is 2.09. The van der Waals surface area contributed by atoms with Crippen LogP contribution < -0.4 is 5.32 Å². The average molecular weight is 268 g/mol. The number of carbonyl (C=O) groups is 1. The normalized spacial score (nSPS) is 20.2. The van der Waals surface area contributed by atoms with Crippen LogP contribution in [0.5, 0.6) is 0 Å². The standard InChI is InChI=1S/C13H20N2O2S/c1-3-8(2)7-14-13-15-11-9(12(16)17)5-4-6-10(11)18-13/h8-9H,3-7H2,1-2H3,(H,14,15)(H,16,17). The highest BCUT2D eigenvalue weighted by Crippen LogP contribution is 2.36. The molecule has 0 radical (unpaired) electrons. The van der Waals surface area contributed by atoms with E-state index in [2.05, 4.69) is 24.1 Å². The van der Waals surface area contributed by atoms with Gasteiger partial charge in [0.2, 0.25) is 0 Å². The molecule has 0 aromatic carbocycles. The molecular weight excluding hydrogens is 248 g/mol. The largest absolute Gasteiger partial charge is 0.481 e. The third kappa shape index (κ3) is 2.83. The molecule has 1 heterocycles. The molecule has 2 N–H and O–H groups in total. The number of fused-ring (bicyclic) bond motifs is 1. The van der Waals surface area contributed by atoms with Crippen LogP contribution in [-0.4, -0.2) is 22.6 Å². The van der Waals surface area contributed by atoms with Gasteiger partial charge in [-0.1, -0.05) is 20.3 Å². The summed E-state index contributed by atoms with van der Waals surface area (Å²) in [5, 5.41) is 13.4. The highest BCUT2D eigenvalue weighted by Gasteiger charge is 2.29. The fraction of sp³-hybridized carbons (Fsp3) is 0.692. The van der Waals surface area contributed by atoms with Crippen molar-refractivity contribution in [1.29, 1.82) is 0 Å². The summed E-state index contributed by atoms with van der Waals surface area (Å²) in [4.78, 5) is 16.8. The van der Waals surface area contributed by atoms with Crippen LogP contribution >= 0.6 is 11.3 Å². The Hall–Kier alpha value is -1.10. The average Bonchev–Trinajstić information content (AvgIpc) is 2.77. The van der Waals surface area contributed by atoms with Crippen molar-refractivity contribution in [3.8, 4) is 0 Å². The first-order valence-corrected chi connectivity index (χ1v) is 7.39. The van der Waals surface area contributed by atoms with Gasteiger partial charge in [0.15, 0.2) is 5.13 Å². The fourth-order valence-corrected chi connectivity index (χ4v) is 3.21. The molecule has 100 valence electrons. The lowest BCUT2D eigenvalue weighted by molar-refractivity contribution is -0.139. The van der Waals surface area contributed by atoms with Gasteiger partial charge in [-0.25, -0.2) is 4.98 Å². The molecule has 18 heavy (non-hydrogen) atoms. The first-order chi connectivity index (χ1) is 8.61. The van der Waals surface area contributed by atoms with Crippen molar-refractivity contribution in [2.24, 2.45) is 5.92 Å². The van der Waals surface area contributed by atoms with Gasteiger partial charge >= 0.3 is 5.97 Å². The van der Waals surface area contributed by atoms with E-state index in [0.717, 1.165) is 47.9 Å². The number of anilines is 1. The van der Waals surface area contributed by atoms with Gasteiger partial charge in [-0.3, -0.25) is 4.79 Å². The van der Waals surface area contributed by atoms with Crippen LogP contribution in [-0.2, 0) is 11.2 Å². The van der Waals surface area contributed by atoms with Crippen LogP contribution in [0, 0.1) is 5.92 Å². The Labute approximate surface area is 111 Å². The van der Waals surface area contributed by atoms with E-state index in [1.807, 2.05) is 0 Å². The third-order valence-corrected chi connectivity index (χ3v) is 4.64. The zero-order valence-corrected chi connectivity index (χ0v) is 11.7. The molecule has 2 unspecified atom stereocenters. The van der Waals surface area contributed by atoms with Crippen molar-refractivity contribution in [2.75, 3.05) is 11.9 Å². The van der Waals surface area contributed by atoms with Crippen molar-refractivity contribution in [3.63, 3.8) is 0 Å². The number of aliphatic carboxylic acids is 1. The summed E-state index contributed by atoms with van der Waals surface area (Å²) >= 11 is 1.62. The first-order valence-electron chi connectivity index (χ1n) is 6.58. The summed E-state index contributed by atoms with van der Waals surface area (Å²) in [5.74, 6) is -0.528. The molecule has 2 atom stereocenters. The molecule has 0 saturated heterocycles. The summed E-state index contributed by atoms with van der Waals surface area (Å²) in [6.45, 7) is 5.26. The van der Waals surface area contributed by atoms with Gasteiger partial charge < -0.3 is 10.4 Å². The maximum atomic E-state index is 11.2. The van der Waals surface area contributed by atoms with E-state index >= 15 is 0 Å². The van der Waals surface area contributed by atoms with E-state index < -0.39 is 11.9 Å². The summed E-state index contributed by atoms with van der Waals surface area (Å²) in [7, 11) is 0. The van der Waals surface area contributed by atoms with Crippen LogP contribution in [0.3, 0.4) is 0 Å². The summed E-state index contributed by atoms with van der Waals surface area (Å²) in [5.41, 5.74) is 0.797. The van der Waals surface area contributed by atoms with Gasteiger partial charge in [0, 0.05) is 11.4 Å². The molecule has 1 aliphatic rings. The topological polar surface area (TPSA) is 62.2 Å². The number of aryl methyl sites for hydroxylation is 1. The molecule has 1 aromatic heterocycles. The molecule has 2 rings (SSSR count). The minimum absolute atomic E-state index is 0.399. The van der Waals surface area contributed by atoms with Crippen LogP contribution in [0.15, 0.2) is 0 Å². The zero-order valence-electron chi connectivity index (χ0n) is 10.9.